The van der Waals surface area contributed by atoms with Gasteiger partial charge in [0.15, 0.2) is 0 Å². The summed E-state index contributed by atoms with van der Waals surface area (Å²) in [6, 6.07) is 59.6. The molecule has 0 unspecified atom stereocenters. The fourth-order valence-corrected chi connectivity index (χ4v) is 7.22. The van der Waals surface area contributed by atoms with Crippen LogP contribution in [-0.2, 0) is 21.1 Å². The fourth-order valence-electron chi connectivity index (χ4n) is 7.22. The molecule has 0 aliphatic heterocycles. The number of imidazole rings is 1. The number of pyridine rings is 1. The predicted molar refractivity (Wildman–Crippen MR) is 226 cm³/mol. The van der Waals surface area contributed by atoms with Crippen LogP contribution in [0.25, 0.3) is 83.9 Å². The first-order valence-electron chi connectivity index (χ1n) is 21.1. The van der Waals surface area contributed by atoms with Gasteiger partial charge >= 0.3 is 0 Å². The number of benzene rings is 7. The molecule has 56 heavy (non-hydrogen) atoms. The molecule has 0 fully saturated rings. The largest absolute Gasteiger partial charge is 0.507 e. The summed E-state index contributed by atoms with van der Waals surface area (Å²) in [5.41, 5.74) is 11.1. The van der Waals surface area contributed by atoms with Crippen LogP contribution in [0.2, 0.25) is 0 Å². The zero-order chi connectivity index (χ0) is 42.3. The number of aromatic hydroxyl groups is 1. The van der Waals surface area contributed by atoms with E-state index in [-0.39, 0.29) is 32.4 Å². The van der Waals surface area contributed by atoms with Crippen LogP contribution in [0.15, 0.2) is 182 Å². The summed E-state index contributed by atoms with van der Waals surface area (Å²) >= 11 is 0. The van der Waals surface area contributed by atoms with Crippen LogP contribution in [0.4, 0.5) is 0 Å². The summed E-state index contributed by atoms with van der Waals surface area (Å²) in [7, 11) is 0. The minimum Gasteiger partial charge on any atom is -0.507 e. The van der Waals surface area contributed by atoms with Gasteiger partial charge in [0, 0.05) is 46.7 Å². The Morgan fingerprint density at radius 3 is 1.93 bits per heavy atom. The molecule has 9 aromatic rings. The van der Waals surface area contributed by atoms with E-state index in [1.807, 2.05) is 108 Å². The average Bonchev–Trinajstić information content (AvgIpc) is 3.66. The van der Waals surface area contributed by atoms with Gasteiger partial charge in [0.1, 0.15) is 11.6 Å². The molecule has 2 aromatic heterocycles. The SMILES string of the molecule is [2H]C([2H])([2H])C(c1ccc(-n2c(-c3ccccc3O)nc3c(-c4[c-]c(-c5cc(-c6ccccc6)ccn5)cc(-c5ccccc5)c4)cccc32)c(-c2ccccc2)c1)C([2H])([2H])[2H].[Pt]. The second-order valence-corrected chi connectivity index (χ2v) is 13.4. The van der Waals surface area contributed by atoms with E-state index in [4.69, 9.17) is 18.2 Å². The van der Waals surface area contributed by atoms with Crippen molar-refractivity contribution in [2.24, 2.45) is 0 Å². The van der Waals surface area contributed by atoms with Crippen molar-refractivity contribution >= 4 is 11.0 Å². The van der Waals surface area contributed by atoms with Gasteiger partial charge in [0.25, 0.3) is 0 Å². The first-order chi connectivity index (χ1) is 29.4. The molecule has 7 aromatic carbocycles. The van der Waals surface area contributed by atoms with Gasteiger partial charge in [-0.05, 0) is 70.1 Å². The van der Waals surface area contributed by atoms with Crippen molar-refractivity contribution in [3.8, 4) is 78.6 Å². The molecule has 0 radical (unpaired) electrons. The maximum absolute atomic E-state index is 11.4. The Bertz CT molecular complexity index is 3010. The third kappa shape index (κ3) is 7.01. The number of hydrogen-bond donors (Lipinski definition) is 1. The van der Waals surface area contributed by atoms with Gasteiger partial charge in [-0.1, -0.05) is 158 Å². The molecule has 1 N–H and O–H groups in total. The van der Waals surface area contributed by atoms with E-state index in [1.54, 1.807) is 36.4 Å². The summed E-state index contributed by atoms with van der Waals surface area (Å²) in [6.07, 6.45) is 1.81. The molecule has 0 bridgehead atoms. The van der Waals surface area contributed by atoms with Crippen LogP contribution in [-0.4, -0.2) is 19.6 Å². The van der Waals surface area contributed by atoms with Crippen molar-refractivity contribution in [3.05, 3.63) is 194 Å². The molecule has 4 nitrogen and oxygen atoms in total. The van der Waals surface area contributed by atoms with E-state index in [0.717, 1.165) is 50.2 Å². The van der Waals surface area contributed by atoms with Crippen molar-refractivity contribution in [1.29, 1.82) is 0 Å². The number of rotatable bonds is 8. The van der Waals surface area contributed by atoms with Gasteiger partial charge < -0.3 is 5.11 Å². The maximum atomic E-state index is 11.4. The van der Waals surface area contributed by atoms with E-state index in [1.165, 1.54) is 0 Å². The summed E-state index contributed by atoms with van der Waals surface area (Å²) in [5.74, 6) is -1.26. The Hall–Kier alpha value is -6.35. The molecule has 0 saturated carbocycles. The van der Waals surface area contributed by atoms with E-state index in [2.05, 4.69) is 48.5 Å². The second kappa shape index (κ2) is 15.8. The van der Waals surface area contributed by atoms with Crippen molar-refractivity contribution < 1.29 is 34.4 Å². The number of phenols is 1. The zero-order valence-corrected chi connectivity index (χ0v) is 32.3. The minimum absolute atomic E-state index is 0. The maximum Gasteiger partial charge on any atom is 0.148 e. The molecule has 0 aliphatic rings. The second-order valence-electron chi connectivity index (χ2n) is 13.4. The number of fused-ring (bicyclic) bond motifs is 1. The third-order valence-electron chi connectivity index (χ3n) is 9.92. The van der Waals surface area contributed by atoms with E-state index < -0.39 is 19.6 Å². The van der Waals surface area contributed by atoms with E-state index >= 15 is 0 Å². The molecule has 5 heteroatoms. The number of para-hydroxylation sites is 2. The molecule has 2 heterocycles. The molecule has 0 saturated heterocycles. The summed E-state index contributed by atoms with van der Waals surface area (Å²) in [6.45, 7) is -5.58. The third-order valence-corrected chi connectivity index (χ3v) is 9.92. The van der Waals surface area contributed by atoms with Gasteiger partial charge in [-0.25, -0.2) is 4.98 Å². The Balaban J connectivity index is 0.00000529. The van der Waals surface area contributed by atoms with Crippen molar-refractivity contribution in [2.45, 2.75) is 19.6 Å². The molecular formula is C51H38N3OPt-. The molecule has 0 amide bonds. The molecule has 0 spiro atoms. The fraction of sp³-hybridized carbons (Fsp3) is 0.0588. The Morgan fingerprint density at radius 2 is 1.21 bits per heavy atom. The summed E-state index contributed by atoms with van der Waals surface area (Å²) in [4.78, 5) is 10.1. The topological polar surface area (TPSA) is 50.9 Å². The standard InChI is InChI=1S/C51H38N3O.Pt/c1-34(2)38-25-26-47(45(32-38)37-19-10-5-11-20-37)54-48-23-14-22-43(50(48)53-51(54)44-21-12-13-24-49(44)55)41-29-40(36-17-8-4-9-18-36)30-42(31-41)46-33-39(27-28-52-46)35-15-6-3-7-16-35;/h3-30,32-34,55H,1-2H3;/q-1;/i1D3,2D3;. The average molecular weight is 910 g/mol. The van der Waals surface area contributed by atoms with Crippen molar-refractivity contribution in [2.75, 3.05) is 0 Å². The van der Waals surface area contributed by atoms with Gasteiger partial charge in [-0.2, -0.15) is 0 Å². The Kier molecular flexibility index (Phi) is 8.44. The van der Waals surface area contributed by atoms with Crippen LogP contribution >= 0.6 is 0 Å². The van der Waals surface area contributed by atoms with Gasteiger partial charge in [-0.15, -0.1) is 23.8 Å². The number of hydrogen-bond acceptors (Lipinski definition) is 3. The van der Waals surface area contributed by atoms with Crippen LogP contribution in [0.5, 0.6) is 5.75 Å². The molecule has 0 atom stereocenters. The minimum atomic E-state index is -2.79. The van der Waals surface area contributed by atoms with Gasteiger partial charge in [-0.3, -0.25) is 9.55 Å². The molecule has 9 rings (SSSR count). The van der Waals surface area contributed by atoms with Gasteiger partial charge in [0.05, 0.1) is 22.3 Å². The Labute approximate surface area is 350 Å². The van der Waals surface area contributed by atoms with Crippen LogP contribution < -0.4 is 0 Å². The number of nitrogens with zero attached hydrogens (tertiary/aromatic N) is 3. The van der Waals surface area contributed by atoms with Gasteiger partial charge in [0.2, 0.25) is 0 Å². The number of phenolic OH excluding ortho intramolecular Hbond substituents is 1. The van der Waals surface area contributed by atoms with Crippen LogP contribution in [0, 0.1) is 6.07 Å². The van der Waals surface area contributed by atoms with Crippen LogP contribution in [0.3, 0.4) is 0 Å². The zero-order valence-electron chi connectivity index (χ0n) is 36.0. The molecular weight excluding hydrogens is 866 g/mol. The first kappa shape index (κ1) is 29.9. The van der Waals surface area contributed by atoms with Crippen molar-refractivity contribution in [3.63, 3.8) is 0 Å². The van der Waals surface area contributed by atoms with Crippen molar-refractivity contribution in [1.82, 2.24) is 14.5 Å². The molecule has 274 valence electrons. The summed E-state index contributed by atoms with van der Waals surface area (Å²) in [5, 5.41) is 11.4. The predicted octanol–water partition coefficient (Wildman–Crippen LogP) is 13.0. The Morgan fingerprint density at radius 1 is 0.571 bits per heavy atom. The normalized spacial score (nSPS) is 13.2. The smallest absolute Gasteiger partial charge is 0.148 e. The first-order valence-corrected chi connectivity index (χ1v) is 18.1. The van der Waals surface area contributed by atoms with E-state index in [0.29, 0.717) is 33.7 Å². The quantitative estimate of drug-likeness (QED) is 0.155. The number of aromatic nitrogens is 3. The van der Waals surface area contributed by atoms with E-state index in [9.17, 15) is 5.11 Å². The van der Waals surface area contributed by atoms with Crippen LogP contribution in [0.1, 0.15) is 33.4 Å². The monoisotopic (exact) mass is 909 g/mol. The molecule has 0 aliphatic carbocycles. The summed E-state index contributed by atoms with van der Waals surface area (Å²) < 4.78 is 51.4.